The van der Waals surface area contributed by atoms with Crippen molar-refractivity contribution >= 4 is 17.0 Å². The number of hydrogen-bond donors (Lipinski definition) is 1. The number of nitrogens with one attached hydrogen (secondary N) is 1. The summed E-state index contributed by atoms with van der Waals surface area (Å²) in [5.41, 5.74) is 4.86. The van der Waals surface area contributed by atoms with Gasteiger partial charge < -0.3 is 14.3 Å². The van der Waals surface area contributed by atoms with Crippen LogP contribution >= 0.6 is 0 Å². The van der Waals surface area contributed by atoms with Gasteiger partial charge in [-0.25, -0.2) is 0 Å². The first kappa shape index (κ1) is 17.0. The molecule has 1 aliphatic rings. The van der Waals surface area contributed by atoms with E-state index in [1.807, 2.05) is 19.1 Å². The Labute approximate surface area is 154 Å². The van der Waals surface area contributed by atoms with Gasteiger partial charge in [-0.05, 0) is 32.3 Å². The summed E-state index contributed by atoms with van der Waals surface area (Å²) in [5.74, 6) is 0.876. The highest BCUT2D eigenvalue weighted by Gasteiger charge is 2.22. The van der Waals surface area contributed by atoms with Gasteiger partial charge in [-0.2, -0.15) is 0 Å². The number of rotatable bonds is 4. The fraction of sp³-hybridized carbons (Fsp3) is 0.409. The van der Waals surface area contributed by atoms with Gasteiger partial charge in [0, 0.05) is 24.7 Å². The second-order valence-electron chi connectivity index (χ2n) is 7.52. The van der Waals surface area contributed by atoms with Crippen molar-refractivity contribution in [3.05, 3.63) is 59.0 Å². The summed E-state index contributed by atoms with van der Waals surface area (Å²) in [6.07, 6.45) is 5.86. The average Bonchev–Trinajstić information content (AvgIpc) is 3.13. The van der Waals surface area contributed by atoms with E-state index in [-0.39, 0.29) is 5.91 Å². The summed E-state index contributed by atoms with van der Waals surface area (Å²) in [6, 6.07) is 12.6. The van der Waals surface area contributed by atoms with Crippen molar-refractivity contribution in [2.24, 2.45) is 0 Å². The number of fused-ring (bicyclic) bond motifs is 1. The van der Waals surface area contributed by atoms with E-state index in [2.05, 4.69) is 41.1 Å². The van der Waals surface area contributed by atoms with Crippen LogP contribution < -0.4 is 5.32 Å². The van der Waals surface area contributed by atoms with Crippen LogP contribution in [0.15, 0.2) is 40.8 Å². The lowest BCUT2D eigenvalue weighted by atomic mass is 9.95. The molecule has 1 N–H and O–H groups in total. The van der Waals surface area contributed by atoms with Crippen molar-refractivity contribution in [2.45, 2.75) is 58.5 Å². The Morgan fingerprint density at radius 1 is 1.15 bits per heavy atom. The van der Waals surface area contributed by atoms with Crippen LogP contribution in [0.5, 0.6) is 0 Å². The van der Waals surface area contributed by atoms with E-state index < -0.39 is 0 Å². The number of benzene rings is 1. The molecule has 0 bridgehead atoms. The maximum absolute atomic E-state index is 13.0. The molecule has 3 aromatic rings. The Morgan fingerprint density at radius 3 is 2.73 bits per heavy atom. The summed E-state index contributed by atoms with van der Waals surface area (Å²) in [7, 11) is 0. The number of carbonyl (C=O) groups is 1. The van der Waals surface area contributed by atoms with E-state index in [0.29, 0.717) is 18.3 Å². The summed E-state index contributed by atoms with van der Waals surface area (Å²) < 4.78 is 7.87. The zero-order valence-corrected chi connectivity index (χ0v) is 15.5. The number of hydrogen-bond acceptors (Lipinski definition) is 2. The molecule has 1 aliphatic carbocycles. The molecule has 2 aromatic heterocycles. The third-order valence-corrected chi connectivity index (χ3v) is 5.31. The van der Waals surface area contributed by atoms with Gasteiger partial charge in [0.05, 0.1) is 5.52 Å². The summed E-state index contributed by atoms with van der Waals surface area (Å²) >= 11 is 0. The average molecular weight is 350 g/mol. The van der Waals surface area contributed by atoms with Crippen LogP contribution in [0.4, 0.5) is 0 Å². The van der Waals surface area contributed by atoms with E-state index in [1.165, 1.54) is 30.4 Å². The highest BCUT2D eigenvalue weighted by atomic mass is 16.3. The summed E-state index contributed by atoms with van der Waals surface area (Å²) in [6.45, 7) is 4.70. The van der Waals surface area contributed by atoms with Crippen LogP contribution in [0.1, 0.15) is 59.5 Å². The van der Waals surface area contributed by atoms with Crippen LogP contribution in [0.25, 0.3) is 11.1 Å². The molecule has 0 aliphatic heterocycles. The maximum atomic E-state index is 13.0. The predicted octanol–water partition coefficient (Wildman–Crippen LogP) is 4.96. The number of aryl methyl sites for hydroxylation is 2. The minimum absolute atomic E-state index is 0.00797. The molecule has 1 amide bonds. The first-order chi connectivity index (χ1) is 12.6. The highest BCUT2D eigenvalue weighted by Crippen LogP contribution is 2.26. The van der Waals surface area contributed by atoms with Crippen LogP contribution in [-0.2, 0) is 6.54 Å². The Hall–Kier alpha value is -2.49. The molecule has 26 heavy (non-hydrogen) atoms. The Kier molecular flexibility index (Phi) is 4.58. The van der Waals surface area contributed by atoms with Crippen molar-refractivity contribution in [3.63, 3.8) is 0 Å². The molecule has 4 heteroatoms. The molecular formula is C22H26N2O2. The van der Waals surface area contributed by atoms with Crippen molar-refractivity contribution in [1.82, 2.24) is 9.88 Å². The smallest absolute Gasteiger partial charge is 0.268 e. The van der Waals surface area contributed by atoms with Crippen LogP contribution in [-0.4, -0.2) is 16.5 Å². The molecule has 4 rings (SSSR count). The second kappa shape index (κ2) is 7.02. The predicted molar refractivity (Wildman–Crippen MR) is 104 cm³/mol. The molecular weight excluding hydrogens is 324 g/mol. The Bertz CT molecular complexity index is 929. The number of amides is 1. The van der Waals surface area contributed by atoms with Crippen molar-refractivity contribution in [1.29, 1.82) is 0 Å². The van der Waals surface area contributed by atoms with Crippen LogP contribution in [0.3, 0.4) is 0 Å². The van der Waals surface area contributed by atoms with Crippen LogP contribution in [0.2, 0.25) is 0 Å². The molecule has 0 saturated heterocycles. The molecule has 136 valence electrons. The van der Waals surface area contributed by atoms with E-state index in [4.69, 9.17) is 4.42 Å². The number of furan rings is 1. The molecule has 4 nitrogen and oxygen atoms in total. The first-order valence-electron chi connectivity index (χ1n) is 9.56. The van der Waals surface area contributed by atoms with Crippen LogP contribution in [0, 0.1) is 13.8 Å². The summed E-state index contributed by atoms with van der Waals surface area (Å²) in [4.78, 5) is 13.0. The molecule has 1 saturated carbocycles. The van der Waals surface area contributed by atoms with E-state index >= 15 is 0 Å². The SMILES string of the molecule is Cc1cccc(Cn2c(C(=O)NC3CCCCC3)cc3oc(C)cc32)c1. The quantitative estimate of drug-likeness (QED) is 0.723. The lowest BCUT2D eigenvalue weighted by molar-refractivity contribution is 0.0919. The number of aromatic nitrogens is 1. The molecule has 2 heterocycles. The lowest BCUT2D eigenvalue weighted by Gasteiger charge is -2.23. The lowest BCUT2D eigenvalue weighted by Crippen LogP contribution is -2.37. The molecule has 0 radical (unpaired) electrons. The van der Waals surface area contributed by atoms with Gasteiger partial charge >= 0.3 is 0 Å². The van der Waals surface area contributed by atoms with E-state index in [0.717, 1.165) is 29.7 Å². The highest BCUT2D eigenvalue weighted by molar-refractivity contribution is 5.97. The van der Waals surface area contributed by atoms with E-state index in [1.54, 1.807) is 0 Å². The van der Waals surface area contributed by atoms with Gasteiger partial charge in [-0.3, -0.25) is 4.79 Å². The Morgan fingerprint density at radius 2 is 1.96 bits per heavy atom. The fourth-order valence-corrected chi connectivity index (χ4v) is 4.02. The molecule has 0 atom stereocenters. The standard InChI is InChI=1S/C22H26N2O2/c1-15-7-6-8-17(11-15)14-24-19-12-16(2)26-21(19)13-20(24)22(25)23-18-9-4-3-5-10-18/h6-8,11-13,18H,3-5,9-10,14H2,1-2H3,(H,23,25). The van der Waals surface area contributed by atoms with Crippen molar-refractivity contribution < 1.29 is 9.21 Å². The minimum atomic E-state index is 0.00797. The van der Waals surface area contributed by atoms with Gasteiger partial charge in [-0.1, -0.05) is 49.1 Å². The van der Waals surface area contributed by atoms with Gasteiger partial charge in [-0.15, -0.1) is 0 Å². The molecule has 1 aromatic carbocycles. The zero-order valence-electron chi connectivity index (χ0n) is 15.5. The Balaban J connectivity index is 1.67. The molecule has 0 spiro atoms. The second-order valence-corrected chi connectivity index (χ2v) is 7.52. The summed E-state index contributed by atoms with van der Waals surface area (Å²) in [5, 5.41) is 3.24. The van der Waals surface area contributed by atoms with Gasteiger partial charge in [0.25, 0.3) is 5.91 Å². The molecule has 1 fully saturated rings. The van der Waals surface area contributed by atoms with Crippen molar-refractivity contribution in [3.8, 4) is 0 Å². The fourth-order valence-electron chi connectivity index (χ4n) is 4.02. The molecule has 0 unspecified atom stereocenters. The normalized spacial score (nSPS) is 15.5. The van der Waals surface area contributed by atoms with E-state index in [9.17, 15) is 4.79 Å². The number of nitrogens with zero attached hydrogens (tertiary/aromatic N) is 1. The first-order valence-corrected chi connectivity index (χ1v) is 9.56. The third kappa shape index (κ3) is 3.41. The van der Waals surface area contributed by atoms with Gasteiger partial charge in [0.1, 0.15) is 11.5 Å². The topological polar surface area (TPSA) is 47.2 Å². The number of carbonyl (C=O) groups excluding carboxylic acids is 1. The monoisotopic (exact) mass is 350 g/mol. The maximum Gasteiger partial charge on any atom is 0.268 e. The largest absolute Gasteiger partial charge is 0.460 e. The van der Waals surface area contributed by atoms with Crippen molar-refractivity contribution in [2.75, 3.05) is 0 Å². The third-order valence-electron chi connectivity index (χ3n) is 5.31. The van der Waals surface area contributed by atoms with Gasteiger partial charge in [0.2, 0.25) is 0 Å². The van der Waals surface area contributed by atoms with Gasteiger partial charge in [0.15, 0.2) is 5.58 Å². The zero-order chi connectivity index (χ0) is 18.1. The minimum Gasteiger partial charge on any atom is -0.460 e.